The van der Waals surface area contributed by atoms with Crippen molar-refractivity contribution in [3.05, 3.63) is 86.2 Å². The van der Waals surface area contributed by atoms with Gasteiger partial charge in [0.2, 0.25) is 0 Å². The molecule has 0 aliphatic carbocycles. The number of hydrogen-bond acceptors (Lipinski definition) is 8. The molecule has 3 aromatic rings. The zero-order valence-electron chi connectivity index (χ0n) is 16.5. The molecule has 2 aromatic carbocycles. The number of nitrogens with zero attached hydrogens (tertiary/aromatic N) is 3. The quantitative estimate of drug-likeness (QED) is 0.249. The smallest absolute Gasteiger partial charge is 0.280 e. The zero-order chi connectivity index (χ0) is 23.3. The van der Waals surface area contributed by atoms with E-state index < -0.39 is 15.8 Å². The van der Waals surface area contributed by atoms with Crippen molar-refractivity contribution >= 4 is 29.0 Å². The third-order valence-corrected chi connectivity index (χ3v) is 4.29. The molecule has 0 atom stereocenters. The Hall–Kier alpha value is -4.98. The van der Waals surface area contributed by atoms with E-state index in [-0.39, 0.29) is 45.5 Å². The number of non-ortho nitro benzene ring substituents is 1. The van der Waals surface area contributed by atoms with Crippen LogP contribution in [0.15, 0.2) is 64.6 Å². The molecule has 0 bridgehead atoms. The predicted octanol–water partition coefficient (Wildman–Crippen LogP) is 4.32. The fourth-order valence-electron chi connectivity index (χ4n) is 2.80. The van der Waals surface area contributed by atoms with Crippen molar-refractivity contribution in [1.82, 2.24) is 0 Å². The number of ether oxygens (including phenoxy) is 1. The molecule has 1 heterocycles. The Morgan fingerprint density at radius 3 is 2.53 bits per heavy atom. The summed E-state index contributed by atoms with van der Waals surface area (Å²) in [4.78, 5) is 33.6. The number of carbonyl (C=O) groups excluding carboxylic acids is 1. The van der Waals surface area contributed by atoms with Crippen molar-refractivity contribution in [2.75, 3.05) is 12.4 Å². The summed E-state index contributed by atoms with van der Waals surface area (Å²) in [7, 11) is 1.32. The number of anilines is 1. The van der Waals surface area contributed by atoms with Crippen LogP contribution in [0.3, 0.4) is 0 Å². The van der Waals surface area contributed by atoms with Gasteiger partial charge in [0.05, 0.1) is 28.2 Å². The maximum atomic E-state index is 12.6. The van der Waals surface area contributed by atoms with Crippen molar-refractivity contribution in [3.8, 4) is 23.1 Å². The molecule has 0 aliphatic heterocycles. The first kappa shape index (κ1) is 21.7. The third-order valence-electron chi connectivity index (χ3n) is 4.29. The Kier molecular flexibility index (Phi) is 6.26. The molecule has 0 saturated carbocycles. The molecular weight excluding hydrogens is 420 g/mol. The molecule has 1 amide bonds. The number of methoxy groups -OCH3 is 1. The first-order valence-electron chi connectivity index (χ1n) is 8.93. The van der Waals surface area contributed by atoms with Crippen molar-refractivity contribution in [2.24, 2.45) is 0 Å². The van der Waals surface area contributed by atoms with Gasteiger partial charge in [0.15, 0.2) is 0 Å². The van der Waals surface area contributed by atoms with Crippen LogP contribution in [0.4, 0.5) is 17.1 Å². The Morgan fingerprint density at radius 1 is 1.12 bits per heavy atom. The molecule has 1 N–H and O–H groups in total. The summed E-state index contributed by atoms with van der Waals surface area (Å²) in [6.45, 7) is 0. The Morgan fingerprint density at radius 2 is 1.88 bits per heavy atom. The van der Waals surface area contributed by atoms with Gasteiger partial charge in [0.1, 0.15) is 28.9 Å². The summed E-state index contributed by atoms with van der Waals surface area (Å²) in [6.07, 6.45) is 1.15. The van der Waals surface area contributed by atoms with Gasteiger partial charge in [-0.05, 0) is 24.3 Å². The number of furan rings is 1. The van der Waals surface area contributed by atoms with Crippen LogP contribution in [0.1, 0.15) is 5.76 Å². The van der Waals surface area contributed by atoms with Crippen LogP contribution in [-0.2, 0) is 4.79 Å². The Bertz CT molecular complexity index is 1290. The topological polar surface area (TPSA) is 162 Å². The molecule has 0 saturated heterocycles. The molecule has 32 heavy (non-hydrogen) atoms. The summed E-state index contributed by atoms with van der Waals surface area (Å²) in [5.74, 6) is -0.398. The van der Waals surface area contributed by atoms with Crippen LogP contribution in [0, 0.1) is 31.6 Å². The number of hydrogen-bond donors (Lipinski definition) is 1. The van der Waals surface area contributed by atoms with Gasteiger partial charge in [0.25, 0.3) is 17.3 Å². The Labute approximate surface area is 180 Å². The SMILES string of the molecule is COc1ccc([N+](=O)[O-])cc1NC(=O)/C(C#N)=C/c1ccc(-c2ccccc2[N+](=O)[O-])o1. The molecule has 1 aromatic heterocycles. The molecule has 0 radical (unpaired) electrons. The van der Waals surface area contributed by atoms with E-state index in [4.69, 9.17) is 9.15 Å². The van der Waals surface area contributed by atoms with Crippen LogP contribution in [-0.4, -0.2) is 22.9 Å². The summed E-state index contributed by atoms with van der Waals surface area (Å²) in [5, 5.41) is 34.0. The number of para-hydroxylation sites is 1. The first-order chi connectivity index (χ1) is 15.3. The lowest BCUT2D eigenvalue weighted by molar-refractivity contribution is -0.384. The van der Waals surface area contributed by atoms with Gasteiger partial charge >= 0.3 is 0 Å². The number of benzene rings is 2. The second-order valence-corrected chi connectivity index (χ2v) is 6.24. The number of nitro groups is 2. The standard InChI is InChI=1S/C21H14N4O7/c1-31-20-8-6-14(24(27)28)11-17(20)23-21(26)13(12-22)10-15-7-9-19(32-15)16-4-2-3-5-18(16)25(29)30/h2-11H,1H3,(H,23,26)/b13-10+. The highest BCUT2D eigenvalue weighted by molar-refractivity contribution is 6.10. The van der Waals surface area contributed by atoms with Gasteiger partial charge in [-0.15, -0.1) is 0 Å². The average molecular weight is 434 g/mol. The zero-order valence-corrected chi connectivity index (χ0v) is 16.5. The van der Waals surface area contributed by atoms with Gasteiger partial charge in [-0.3, -0.25) is 25.0 Å². The van der Waals surface area contributed by atoms with Crippen LogP contribution in [0.2, 0.25) is 0 Å². The number of amides is 1. The van der Waals surface area contributed by atoms with E-state index in [0.717, 1.165) is 12.1 Å². The number of nitriles is 1. The molecule has 0 aliphatic rings. The van der Waals surface area contributed by atoms with Crippen LogP contribution < -0.4 is 10.1 Å². The minimum absolute atomic E-state index is 0.00731. The summed E-state index contributed by atoms with van der Waals surface area (Å²) in [5.41, 5.74) is -0.548. The van der Waals surface area contributed by atoms with E-state index in [9.17, 15) is 30.3 Å². The van der Waals surface area contributed by atoms with Crippen LogP contribution in [0.5, 0.6) is 5.75 Å². The third kappa shape index (κ3) is 4.60. The van der Waals surface area contributed by atoms with Gasteiger partial charge in [-0.25, -0.2) is 0 Å². The van der Waals surface area contributed by atoms with Gasteiger partial charge in [0, 0.05) is 24.3 Å². The van der Waals surface area contributed by atoms with Gasteiger partial charge in [-0.2, -0.15) is 5.26 Å². The fraction of sp³-hybridized carbons (Fsp3) is 0.0476. The normalized spacial score (nSPS) is 10.8. The minimum Gasteiger partial charge on any atom is -0.495 e. The van der Waals surface area contributed by atoms with E-state index in [1.807, 2.05) is 0 Å². The molecular formula is C21H14N4O7. The van der Waals surface area contributed by atoms with Gasteiger partial charge in [-0.1, -0.05) is 12.1 Å². The molecule has 3 rings (SSSR count). The van der Waals surface area contributed by atoms with Crippen LogP contribution >= 0.6 is 0 Å². The highest BCUT2D eigenvalue weighted by atomic mass is 16.6. The van der Waals surface area contributed by atoms with Crippen molar-refractivity contribution < 1.29 is 23.8 Å². The maximum Gasteiger partial charge on any atom is 0.280 e. The first-order valence-corrected chi connectivity index (χ1v) is 8.93. The molecule has 11 heteroatoms. The second-order valence-electron chi connectivity index (χ2n) is 6.24. The predicted molar refractivity (Wildman–Crippen MR) is 113 cm³/mol. The lowest BCUT2D eigenvalue weighted by Crippen LogP contribution is -2.14. The van der Waals surface area contributed by atoms with Crippen LogP contribution in [0.25, 0.3) is 17.4 Å². The molecule has 0 unspecified atom stereocenters. The summed E-state index contributed by atoms with van der Waals surface area (Å²) < 4.78 is 10.6. The lowest BCUT2D eigenvalue weighted by atomic mass is 10.1. The minimum atomic E-state index is -0.852. The fourth-order valence-corrected chi connectivity index (χ4v) is 2.80. The van der Waals surface area contributed by atoms with Crippen molar-refractivity contribution in [2.45, 2.75) is 0 Å². The van der Waals surface area contributed by atoms with E-state index in [0.29, 0.717) is 0 Å². The summed E-state index contributed by atoms with van der Waals surface area (Å²) >= 11 is 0. The van der Waals surface area contributed by atoms with E-state index in [1.165, 1.54) is 49.6 Å². The highest BCUT2D eigenvalue weighted by Gasteiger charge is 2.19. The molecule has 160 valence electrons. The number of rotatable bonds is 7. The summed E-state index contributed by atoms with van der Waals surface area (Å²) in [6, 6.07) is 14.3. The number of nitro benzene ring substituents is 2. The van der Waals surface area contributed by atoms with Crippen molar-refractivity contribution in [3.63, 3.8) is 0 Å². The maximum absolute atomic E-state index is 12.6. The van der Waals surface area contributed by atoms with E-state index >= 15 is 0 Å². The Balaban J connectivity index is 1.89. The second kappa shape index (κ2) is 9.23. The lowest BCUT2D eigenvalue weighted by Gasteiger charge is -2.09. The van der Waals surface area contributed by atoms with E-state index in [2.05, 4.69) is 5.32 Å². The van der Waals surface area contributed by atoms with E-state index in [1.54, 1.807) is 12.1 Å². The molecule has 0 spiro atoms. The highest BCUT2D eigenvalue weighted by Crippen LogP contribution is 2.32. The monoisotopic (exact) mass is 434 g/mol. The van der Waals surface area contributed by atoms with Gasteiger partial charge < -0.3 is 14.5 Å². The number of carbonyl (C=O) groups is 1. The van der Waals surface area contributed by atoms with Crippen molar-refractivity contribution in [1.29, 1.82) is 5.26 Å². The largest absolute Gasteiger partial charge is 0.495 e. The molecule has 11 nitrogen and oxygen atoms in total. The number of nitrogens with one attached hydrogen (secondary N) is 1. The average Bonchev–Trinajstić information content (AvgIpc) is 3.25. The molecule has 0 fully saturated rings.